The highest BCUT2D eigenvalue weighted by atomic mass is 32.2. The summed E-state index contributed by atoms with van der Waals surface area (Å²) in [6, 6.07) is 15.8. The van der Waals surface area contributed by atoms with Crippen molar-refractivity contribution in [3.05, 3.63) is 65.9 Å². The first-order valence-corrected chi connectivity index (χ1v) is 15.5. The molecule has 2 aromatic carbocycles. The second-order valence-electron chi connectivity index (χ2n) is 11.5. The zero-order valence-corrected chi connectivity index (χ0v) is 25.8. The SMILES string of the molecule is CCCCC(=N/C=C(\C)c1ccc(N(C)C(=O)NCc2ccccc2)cc1SNC(C)(C)CO)C1CCCCC1. The first-order chi connectivity index (χ1) is 19.2. The molecule has 2 aromatic rings. The van der Waals surface area contributed by atoms with E-state index in [2.05, 4.69) is 30.0 Å². The molecule has 7 heteroatoms. The maximum absolute atomic E-state index is 13.0. The van der Waals surface area contributed by atoms with Crippen molar-refractivity contribution < 1.29 is 9.90 Å². The Morgan fingerprint density at radius 3 is 2.55 bits per heavy atom. The highest BCUT2D eigenvalue weighted by Gasteiger charge is 2.20. The number of urea groups is 1. The van der Waals surface area contributed by atoms with Crippen molar-refractivity contribution in [3.63, 3.8) is 0 Å². The molecule has 40 heavy (non-hydrogen) atoms. The highest BCUT2D eigenvalue weighted by Crippen LogP contribution is 2.33. The van der Waals surface area contributed by atoms with Crippen LogP contribution in [0.5, 0.6) is 0 Å². The Labute approximate surface area is 245 Å². The van der Waals surface area contributed by atoms with Crippen LogP contribution in [0.2, 0.25) is 0 Å². The molecule has 1 aliphatic rings. The van der Waals surface area contributed by atoms with Crippen LogP contribution < -0.4 is 14.9 Å². The monoisotopic (exact) mass is 564 g/mol. The summed E-state index contributed by atoms with van der Waals surface area (Å²) in [5, 5.41) is 12.8. The molecule has 0 heterocycles. The summed E-state index contributed by atoms with van der Waals surface area (Å²) in [7, 11) is 1.78. The molecule has 0 saturated heterocycles. The quantitative estimate of drug-likeness (QED) is 0.170. The molecular weight excluding hydrogens is 516 g/mol. The number of hydrogen-bond donors (Lipinski definition) is 3. The van der Waals surface area contributed by atoms with E-state index in [0.29, 0.717) is 12.5 Å². The lowest BCUT2D eigenvalue weighted by atomic mass is 9.84. The van der Waals surface area contributed by atoms with Crippen LogP contribution in [0.25, 0.3) is 5.57 Å². The number of amides is 2. The van der Waals surface area contributed by atoms with Gasteiger partial charge in [0.1, 0.15) is 0 Å². The maximum atomic E-state index is 13.0. The molecule has 0 aliphatic heterocycles. The normalized spacial score (nSPS) is 15.2. The van der Waals surface area contributed by atoms with Gasteiger partial charge in [-0.15, -0.1) is 0 Å². The molecule has 2 amide bonds. The first kappa shape index (κ1) is 31.9. The third kappa shape index (κ3) is 9.79. The van der Waals surface area contributed by atoms with Gasteiger partial charge in [-0.1, -0.05) is 69.0 Å². The Kier molecular flexibility index (Phi) is 12.8. The molecule has 0 radical (unpaired) electrons. The Hall–Kier alpha value is -2.61. The predicted octanol–water partition coefficient (Wildman–Crippen LogP) is 7.97. The lowest BCUT2D eigenvalue weighted by molar-refractivity contribution is 0.211. The van der Waals surface area contributed by atoms with Gasteiger partial charge >= 0.3 is 6.03 Å². The van der Waals surface area contributed by atoms with Gasteiger partial charge in [0.05, 0.1) is 6.61 Å². The number of hydrogen-bond acceptors (Lipinski definition) is 5. The molecule has 0 bridgehead atoms. The van der Waals surface area contributed by atoms with E-state index in [1.165, 1.54) is 62.6 Å². The lowest BCUT2D eigenvalue weighted by Crippen LogP contribution is -2.38. The number of aliphatic hydroxyl groups excluding tert-OH is 1. The number of nitrogens with zero attached hydrogens (tertiary/aromatic N) is 2. The Balaban J connectivity index is 1.85. The molecule has 1 aliphatic carbocycles. The first-order valence-electron chi connectivity index (χ1n) is 14.7. The number of nitrogens with one attached hydrogen (secondary N) is 2. The molecule has 0 spiro atoms. The van der Waals surface area contributed by atoms with Gasteiger partial charge in [-0.25, -0.2) is 4.79 Å². The van der Waals surface area contributed by atoms with Gasteiger partial charge in [0, 0.05) is 41.6 Å². The summed E-state index contributed by atoms with van der Waals surface area (Å²) in [5.41, 5.74) is 4.89. The number of carbonyl (C=O) groups is 1. The van der Waals surface area contributed by atoms with Crippen molar-refractivity contribution >= 4 is 35.0 Å². The van der Waals surface area contributed by atoms with Crippen molar-refractivity contribution in [2.24, 2.45) is 10.9 Å². The molecule has 0 unspecified atom stereocenters. The van der Waals surface area contributed by atoms with Gasteiger partial charge in [-0.3, -0.25) is 14.6 Å². The van der Waals surface area contributed by atoms with E-state index in [1.807, 2.05) is 62.5 Å². The molecule has 1 saturated carbocycles. The third-order valence-corrected chi connectivity index (χ3v) is 8.70. The van der Waals surface area contributed by atoms with Crippen molar-refractivity contribution in [2.75, 3.05) is 18.6 Å². The number of rotatable bonds is 13. The Morgan fingerprint density at radius 1 is 1.15 bits per heavy atom. The second-order valence-corrected chi connectivity index (χ2v) is 12.3. The summed E-state index contributed by atoms with van der Waals surface area (Å²) in [6.07, 6.45) is 11.9. The molecule has 3 N–H and O–H groups in total. The Bertz CT molecular complexity index is 1140. The van der Waals surface area contributed by atoms with Crippen LogP contribution in [0.15, 0.2) is 64.6 Å². The average Bonchev–Trinajstić information content (AvgIpc) is 2.99. The second kappa shape index (κ2) is 16.0. The molecule has 0 atom stereocenters. The fraction of sp³-hybridized carbons (Fsp3) is 0.515. The lowest BCUT2D eigenvalue weighted by Gasteiger charge is -2.25. The standard InChI is InChI=1S/C33H48N4O2S/c1-6-7-18-30(27-16-12-9-13-17-27)34-22-25(2)29-20-19-28(21-31(29)40-36-33(3,4)24-38)37(5)32(39)35-23-26-14-10-8-11-15-26/h8,10-11,14-15,19-22,27,36,38H,6-7,9,12-13,16-18,23-24H2,1-5H3,(H,35,39)/b25-22+,34-30?. The zero-order valence-electron chi connectivity index (χ0n) is 25.0. The van der Waals surface area contributed by atoms with E-state index in [0.717, 1.165) is 33.7 Å². The van der Waals surface area contributed by atoms with E-state index in [4.69, 9.17) is 4.99 Å². The van der Waals surface area contributed by atoms with Crippen molar-refractivity contribution in [3.8, 4) is 0 Å². The molecule has 218 valence electrons. The molecular formula is C33H48N4O2S. The summed E-state index contributed by atoms with van der Waals surface area (Å²) in [4.78, 5) is 20.7. The number of anilines is 1. The van der Waals surface area contributed by atoms with E-state index in [1.54, 1.807) is 11.9 Å². The highest BCUT2D eigenvalue weighted by molar-refractivity contribution is 7.97. The predicted molar refractivity (Wildman–Crippen MR) is 171 cm³/mol. The van der Waals surface area contributed by atoms with Crippen molar-refractivity contribution in [1.82, 2.24) is 10.0 Å². The number of benzene rings is 2. The molecule has 1 fully saturated rings. The van der Waals surface area contributed by atoms with Gasteiger partial charge in [-0.05, 0) is 93.2 Å². The molecule has 3 rings (SSSR count). The van der Waals surface area contributed by atoms with E-state index < -0.39 is 5.54 Å². The largest absolute Gasteiger partial charge is 0.394 e. The molecule has 0 aromatic heterocycles. The van der Waals surface area contributed by atoms with Crippen LogP contribution >= 0.6 is 11.9 Å². The van der Waals surface area contributed by atoms with Crippen LogP contribution in [-0.4, -0.2) is 36.0 Å². The van der Waals surface area contributed by atoms with Crippen LogP contribution in [0.4, 0.5) is 10.5 Å². The average molecular weight is 565 g/mol. The summed E-state index contributed by atoms with van der Waals surface area (Å²) in [6.45, 7) is 8.75. The van der Waals surface area contributed by atoms with E-state index >= 15 is 0 Å². The zero-order chi connectivity index (χ0) is 29.0. The topological polar surface area (TPSA) is 77.0 Å². The Morgan fingerprint density at radius 2 is 1.88 bits per heavy atom. The number of aliphatic hydroxyl groups is 1. The fourth-order valence-corrected chi connectivity index (χ4v) is 5.75. The minimum atomic E-state index is -0.457. The number of carbonyl (C=O) groups excluding carboxylic acids is 1. The summed E-state index contributed by atoms with van der Waals surface area (Å²) < 4.78 is 3.39. The fourth-order valence-electron chi connectivity index (χ4n) is 4.78. The number of unbranched alkanes of at least 4 members (excludes halogenated alkanes) is 1. The van der Waals surface area contributed by atoms with Crippen LogP contribution in [-0.2, 0) is 6.54 Å². The van der Waals surface area contributed by atoms with Gasteiger partial charge < -0.3 is 10.4 Å². The van der Waals surface area contributed by atoms with Gasteiger partial charge in [0.25, 0.3) is 0 Å². The number of aliphatic imine (C=N–C) groups is 1. The minimum absolute atomic E-state index is 0.0120. The van der Waals surface area contributed by atoms with E-state index in [9.17, 15) is 9.90 Å². The minimum Gasteiger partial charge on any atom is -0.394 e. The van der Waals surface area contributed by atoms with Crippen LogP contribution in [0.3, 0.4) is 0 Å². The smallest absolute Gasteiger partial charge is 0.321 e. The number of allylic oxidation sites excluding steroid dienone is 1. The molecule has 6 nitrogen and oxygen atoms in total. The summed E-state index contributed by atoms with van der Waals surface area (Å²) >= 11 is 1.48. The maximum Gasteiger partial charge on any atom is 0.321 e. The van der Waals surface area contributed by atoms with Gasteiger partial charge in [0.2, 0.25) is 0 Å². The van der Waals surface area contributed by atoms with Crippen LogP contribution in [0.1, 0.15) is 90.2 Å². The van der Waals surface area contributed by atoms with Crippen molar-refractivity contribution in [2.45, 2.75) is 96.0 Å². The third-order valence-electron chi connectivity index (χ3n) is 7.49. The van der Waals surface area contributed by atoms with Crippen LogP contribution in [0, 0.1) is 5.92 Å². The van der Waals surface area contributed by atoms with E-state index in [-0.39, 0.29) is 12.6 Å². The van der Waals surface area contributed by atoms with Gasteiger partial charge in [0.15, 0.2) is 0 Å². The summed E-state index contributed by atoms with van der Waals surface area (Å²) in [5.74, 6) is 0.607. The van der Waals surface area contributed by atoms with Crippen molar-refractivity contribution in [1.29, 1.82) is 0 Å². The van der Waals surface area contributed by atoms with Gasteiger partial charge in [-0.2, -0.15) is 0 Å².